The van der Waals surface area contributed by atoms with Crippen molar-refractivity contribution in [2.45, 2.75) is 36.9 Å². The molecule has 2 aromatic rings. The number of halogens is 2. The minimum Gasteiger partial charge on any atom is -0.475 e. The summed E-state index contributed by atoms with van der Waals surface area (Å²) in [6, 6.07) is 7.40. The third-order valence-electron chi connectivity index (χ3n) is 6.41. The van der Waals surface area contributed by atoms with Crippen LogP contribution in [0.15, 0.2) is 41.7 Å². The van der Waals surface area contributed by atoms with Crippen molar-refractivity contribution in [2.24, 2.45) is 4.99 Å². The molecular weight excluding hydrogens is 545 g/mol. The van der Waals surface area contributed by atoms with Gasteiger partial charge in [-0.1, -0.05) is 17.7 Å². The Morgan fingerprint density at radius 3 is 2.65 bits per heavy atom. The minimum absolute atomic E-state index is 0.00675. The highest BCUT2D eigenvalue weighted by Crippen LogP contribution is 2.48. The number of hydrogen-bond donors (Lipinski definition) is 5. The molecule has 0 saturated heterocycles. The molecular formula is C26H25ClFN7O5. The molecule has 2 heterocycles. The molecule has 1 unspecified atom stereocenters. The van der Waals surface area contributed by atoms with Gasteiger partial charge in [0.05, 0.1) is 54.6 Å². The van der Waals surface area contributed by atoms with Crippen LogP contribution in [0.25, 0.3) is 0 Å². The summed E-state index contributed by atoms with van der Waals surface area (Å²) in [5.74, 6) is -3.77. The van der Waals surface area contributed by atoms with Crippen LogP contribution < -0.4 is 21.3 Å². The Morgan fingerprint density at radius 2 is 2.00 bits per heavy atom. The fraction of sp³-hybridized carbons (Fsp3) is 0.346. The number of nitriles is 1. The lowest BCUT2D eigenvalue weighted by Crippen LogP contribution is -2.41. The number of carboxylic acid groups (broad SMARTS) is 1. The first-order valence-electron chi connectivity index (χ1n) is 12.3. The number of carboxylic acids is 1. The van der Waals surface area contributed by atoms with Crippen LogP contribution in [-0.4, -0.2) is 65.4 Å². The molecule has 4 rings (SSSR count). The first-order chi connectivity index (χ1) is 19.1. The van der Waals surface area contributed by atoms with Gasteiger partial charge in [-0.2, -0.15) is 5.26 Å². The van der Waals surface area contributed by atoms with Crippen LogP contribution >= 0.6 is 11.6 Å². The molecule has 1 saturated carbocycles. The Balaban J connectivity index is 1.42. The molecule has 40 heavy (non-hydrogen) atoms. The number of aliphatic carboxylic acids is 1. The minimum atomic E-state index is -1.66. The van der Waals surface area contributed by atoms with Crippen molar-refractivity contribution in [3.63, 3.8) is 0 Å². The summed E-state index contributed by atoms with van der Waals surface area (Å²) in [5, 5.41) is 29.6. The van der Waals surface area contributed by atoms with E-state index in [-0.39, 0.29) is 23.7 Å². The molecule has 14 heteroatoms. The lowest BCUT2D eigenvalue weighted by molar-refractivity contribution is -0.149. The Labute approximate surface area is 233 Å². The molecule has 0 radical (unpaired) electrons. The van der Waals surface area contributed by atoms with Gasteiger partial charge in [-0.15, -0.1) is 0 Å². The number of pyridine rings is 1. The lowest BCUT2D eigenvalue weighted by atomic mass is 9.92. The van der Waals surface area contributed by atoms with E-state index in [1.54, 1.807) is 12.1 Å². The topological polar surface area (TPSA) is 186 Å². The predicted molar refractivity (Wildman–Crippen MR) is 142 cm³/mol. The highest BCUT2D eigenvalue weighted by molar-refractivity contribution is 6.33. The van der Waals surface area contributed by atoms with E-state index < -0.39 is 54.2 Å². The molecule has 1 aliphatic carbocycles. The maximum atomic E-state index is 13.2. The number of benzene rings is 1. The fourth-order valence-corrected chi connectivity index (χ4v) is 4.33. The molecule has 2 atom stereocenters. The van der Waals surface area contributed by atoms with Gasteiger partial charge in [0.1, 0.15) is 6.17 Å². The van der Waals surface area contributed by atoms with Crippen molar-refractivity contribution in [1.82, 2.24) is 20.9 Å². The fourth-order valence-electron chi connectivity index (χ4n) is 4.08. The van der Waals surface area contributed by atoms with E-state index in [1.807, 2.05) is 0 Å². The van der Waals surface area contributed by atoms with Crippen molar-refractivity contribution < 1.29 is 28.7 Å². The molecule has 1 aromatic carbocycles. The number of carbonyl (C=O) groups excluding carboxylic acids is 3. The van der Waals surface area contributed by atoms with E-state index in [2.05, 4.69) is 37.3 Å². The lowest BCUT2D eigenvalue weighted by Gasteiger charge is -2.20. The zero-order valence-corrected chi connectivity index (χ0v) is 21.8. The maximum Gasteiger partial charge on any atom is 0.372 e. The number of carbonyl (C=O) groups is 4. The van der Waals surface area contributed by atoms with Crippen LogP contribution in [0, 0.1) is 11.3 Å². The number of Topliss-reactive ketones (excluding diaryl/α,β-unsaturated/α-hetero) is 1. The predicted octanol–water partition coefficient (Wildman–Crippen LogP) is 1.63. The second-order valence-electron chi connectivity index (χ2n) is 9.46. The Morgan fingerprint density at radius 1 is 1.23 bits per heavy atom. The summed E-state index contributed by atoms with van der Waals surface area (Å²) < 4.78 is 13.2. The number of nitrogens with one attached hydrogen (secondary N) is 4. The van der Waals surface area contributed by atoms with Crippen molar-refractivity contribution in [2.75, 3.05) is 25.0 Å². The number of guanidine groups is 1. The van der Waals surface area contributed by atoms with Gasteiger partial charge in [-0.05, 0) is 42.2 Å². The maximum absolute atomic E-state index is 13.2. The van der Waals surface area contributed by atoms with E-state index in [0.717, 1.165) is 0 Å². The van der Waals surface area contributed by atoms with Crippen molar-refractivity contribution in [3.8, 4) is 6.07 Å². The SMILES string of the molecule is N#CC1(c2cc(Cl)cc([C@H](CC(=O)C(=O)O)NC(=O)CNC(=O)c3cncc(NC4=NCC(F)CN4)c3)c2)CC1. The van der Waals surface area contributed by atoms with E-state index in [4.69, 9.17) is 16.7 Å². The van der Waals surface area contributed by atoms with Gasteiger partial charge in [0.15, 0.2) is 5.96 Å². The van der Waals surface area contributed by atoms with Crippen molar-refractivity contribution in [3.05, 3.63) is 58.4 Å². The summed E-state index contributed by atoms with van der Waals surface area (Å²) >= 11 is 6.25. The van der Waals surface area contributed by atoms with Crippen LogP contribution in [-0.2, 0) is 19.8 Å². The zero-order chi connectivity index (χ0) is 28.9. The molecule has 208 valence electrons. The zero-order valence-electron chi connectivity index (χ0n) is 21.0. The Hall–Kier alpha value is -4.57. The smallest absolute Gasteiger partial charge is 0.372 e. The summed E-state index contributed by atoms with van der Waals surface area (Å²) in [7, 11) is 0. The van der Waals surface area contributed by atoms with Gasteiger partial charge in [-0.25, -0.2) is 14.2 Å². The van der Waals surface area contributed by atoms with Crippen molar-refractivity contribution in [1.29, 1.82) is 5.26 Å². The monoisotopic (exact) mass is 569 g/mol. The Bertz CT molecular complexity index is 1420. The average molecular weight is 570 g/mol. The molecule has 0 bridgehead atoms. The van der Waals surface area contributed by atoms with E-state index >= 15 is 0 Å². The van der Waals surface area contributed by atoms with Gasteiger partial charge in [0.25, 0.3) is 5.91 Å². The molecule has 2 aliphatic rings. The van der Waals surface area contributed by atoms with Gasteiger partial charge < -0.3 is 26.4 Å². The number of rotatable bonds is 10. The van der Waals surface area contributed by atoms with Crippen LogP contribution in [0.1, 0.15) is 46.8 Å². The van der Waals surface area contributed by atoms with Crippen LogP contribution in [0.3, 0.4) is 0 Å². The van der Waals surface area contributed by atoms with E-state index in [0.29, 0.717) is 35.6 Å². The number of amides is 2. The van der Waals surface area contributed by atoms with Gasteiger partial charge >= 0.3 is 5.97 Å². The quantitative estimate of drug-likeness (QED) is 0.265. The summed E-state index contributed by atoms with van der Waals surface area (Å²) in [5.41, 5.74) is 0.815. The number of ketones is 1. The normalized spacial score (nSPS) is 17.7. The number of alkyl halides is 1. The third kappa shape index (κ3) is 7.09. The number of nitrogens with zero attached hydrogens (tertiary/aromatic N) is 3. The highest BCUT2D eigenvalue weighted by atomic mass is 35.5. The molecule has 12 nitrogen and oxygen atoms in total. The molecule has 1 fully saturated rings. The summed E-state index contributed by atoms with van der Waals surface area (Å²) in [4.78, 5) is 56.7. The van der Waals surface area contributed by atoms with E-state index in [9.17, 15) is 28.8 Å². The van der Waals surface area contributed by atoms with Crippen LogP contribution in [0.2, 0.25) is 5.02 Å². The molecule has 1 aromatic heterocycles. The molecule has 0 spiro atoms. The summed E-state index contributed by atoms with van der Waals surface area (Å²) in [6.45, 7) is -0.383. The first kappa shape index (κ1) is 28.4. The average Bonchev–Trinajstić information content (AvgIpc) is 3.74. The first-order valence-corrected chi connectivity index (χ1v) is 12.7. The number of aliphatic imine (C=N–C) groups is 1. The molecule has 1 aliphatic heterocycles. The van der Waals surface area contributed by atoms with Crippen LogP contribution in [0.5, 0.6) is 0 Å². The van der Waals surface area contributed by atoms with E-state index in [1.165, 1.54) is 24.5 Å². The van der Waals surface area contributed by atoms with Crippen LogP contribution in [0.4, 0.5) is 10.1 Å². The largest absolute Gasteiger partial charge is 0.475 e. The summed E-state index contributed by atoms with van der Waals surface area (Å²) in [6.07, 6.45) is 2.35. The molecule has 2 amide bonds. The highest BCUT2D eigenvalue weighted by Gasteiger charge is 2.45. The Kier molecular flexibility index (Phi) is 8.59. The molecule has 5 N–H and O–H groups in total. The van der Waals surface area contributed by atoms with Gasteiger partial charge in [0.2, 0.25) is 11.7 Å². The number of anilines is 1. The second-order valence-corrected chi connectivity index (χ2v) is 9.89. The third-order valence-corrected chi connectivity index (χ3v) is 6.63. The standard InChI is InChI=1S/C26H25ClFN7O5/c27-17-4-14(3-16(6-17)26(13-29)1-2-26)20(7-21(36)24(39)40)35-22(37)12-31-23(38)15-5-19(11-30-8-15)34-25-32-9-18(28)10-33-25/h3-6,8,11,18,20H,1-2,7,9-10,12H2,(H,31,38)(H,35,37)(H,39,40)(H2,32,33,34)/t20-/m0/s1. The number of aromatic nitrogens is 1. The van der Waals surface area contributed by atoms with Crippen molar-refractivity contribution >= 4 is 46.8 Å². The van der Waals surface area contributed by atoms with Gasteiger partial charge in [0, 0.05) is 17.6 Å². The second kappa shape index (κ2) is 12.1. The number of hydrogen-bond acceptors (Lipinski definition) is 9. The van der Waals surface area contributed by atoms with Gasteiger partial charge in [-0.3, -0.25) is 19.4 Å².